The standard InChI is InChI=1S/C31H44N8O4/c1-19-15-22(40)16-20(2)24(19)18-25(23(28(33)41)11-8-14-36-31(34)35)29(42)37-26(12-6-7-13-32)30-38-27(39-43-30)17-21-9-4-3-5-10-21/h3-5,9-10,15-16,23,25-26,40H,6-8,11-14,17-18,32H2,1-2H3,(H2,33,41)(H,37,42)(H4,34,35,36)/t23?,25-,26+/m0/s1/i6D2,7D2,12D2,13D2. The number of carbonyl (C=O) groups excluding carboxylic acids is 2. The summed E-state index contributed by atoms with van der Waals surface area (Å²) in [5.74, 6) is -5.33. The molecule has 0 bridgehead atoms. The zero-order chi connectivity index (χ0) is 38.5. The third-order valence-electron chi connectivity index (χ3n) is 6.83. The Hall–Kier alpha value is -4.45. The molecule has 0 radical (unpaired) electrons. The Labute approximate surface area is 263 Å². The van der Waals surface area contributed by atoms with Crippen LogP contribution in [0, 0.1) is 25.7 Å². The van der Waals surface area contributed by atoms with Gasteiger partial charge in [-0.2, -0.15) is 4.98 Å². The summed E-state index contributed by atoms with van der Waals surface area (Å²) < 4.78 is 72.4. The first-order chi connectivity index (χ1) is 23.5. The van der Waals surface area contributed by atoms with Crippen LogP contribution in [-0.2, 0) is 22.4 Å². The molecule has 0 saturated heterocycles. The van der Waals surface area contributed by atoms with Crippen LogP contribution >= 0.6 is 0 Å². The summed E-state index contributed by atoms with van der Waals surface area (Å²) >= 11 is 0. The van der Waals surface area contributed by atoms with Gasteiger partial charge in [-0.15, -0.1) is 0 Å². The summed E-state index contributed by atoms with van der Waals surface area (Å²) in [4.78, 5) is 35.5. The van der Waals surface area contributed by atoms with Gasteiger partial charge in [-0.05, 0) is 93.1 Å². The number of aromatic hydroxyl groups is 1. The molecule has 12 heteroatoms. The maximum atomic E-state index is 14.4. The molecular weight excluding hydrogens is 548 g/mol. The van der Waals surface area contributed by atoms with Crippen LogP contribution in [-0.4, -0.2) is 46.1 Å². The fourth-order valence-corrected chi connectivity index (χ4v) is 4.78. The lowest BCUT2D eigenvalue weighted by Crippen LogP contribution is -2.43. The summed E-state index contributed by atoms with van der Waals surface area (Å²) in [5, 5.41) is 16.4. The molecular formula is C31H44N8O4. The summed E-state index contributed by atoms with van der Waals surface area (Å²) in [7, 11) is 0. The Morgan fingerprint density at radius 1 is 1.09 bits per heavy atom. The molecule has 12 nitrogen and oxygen atoms in total. The molecule has 0 fully saturated rings. The Balaban J connectivity index is 2.17. The van der Waals surface area contributed by atoms with Gasteiger partial charge in [0.25, 0.3) is 0 Å². The minimum Gasteiger partial charge on any atom is -0.508 e. The van der Waals surface area contributed by atoms with Crippen molar-refractivity contribution in [3.05, 3.63) is 76.4 Å². The quantitative estimate of drug-likeness (QED) is 0.0758. The van der Waals surface area contributed by atoms with Crippen molar-refractivity contribution in [2.75, 3.05) is 13.0 Å². The van der Waals surface area contributed by atoms with Crippen molar-refractivity contribution < 1.29 is 30.2 Å². The number of nitrogens with zero attached hydrogens (tertiary/aromatic N) is 3. The third-order valence-corrected chi connectivity index (χ3v) is 6.83. The second-order valence-corrected chi connectivity index (χ2v) is 10.0. The largest absolute Gasteiger partial charge is 0.508 e. The van der Waals surface area contributed by atoms with E-state index < -0.39 is 61.2 Å². The zero-order valence-electron chi connectivity index (χ0n) is 32.1. The number of nitrogens with two attached hydrogens (primary N) is 4. The number of primary amides is 1. The number of phenolic OH excluding ortho intramolecular Hbond substituents is 1. The van der Waals surface area contributed by atoms with Gasteiger partial charge in [0.15, 0.2) is 11.8 Å². The molecule has 3 aromatic rings. The van der Waals surface area contributed by atoms with Crippen molar-refractivity contribution >= 4 is 17.8 Å². The van der Waals surface area contributed by atoms with Crippen molar-refractivity contribution in [1.82, 2.24) is 15.5 Å². The SMILES string of the molecule is [2H]C([2H])(N)C([2H])([2H])C([2H])([2H])C([2H])([2H])[C@@H](NC(=O)[C@@H](Cc1c(C)cc(O)cc1C)C(CCCN=C(N)N)C(N)=O)c1nc(Cc2ccccc2)no1. The van der Waals surface area contributed by atoms with Gasteiger partial charge in [0.1, 0.15) is 11.8 Å². The van der Waals surface area contributed by atoms with Gasteiger partial charge in [-0.3, -0.25) is 14.6 Å². The number of carbonyl (C=O) groups is 2. The van der Waals surface area contributed by atoms with Gasteiger partial charge in [0, 0.05) is 29.8 Å². The molecule has 10 N–H and O–H groups in total. The van der Waals surface area contributed by atoms with Crippen molar-refractivity contribution in [1.29, 1.82) is 0 Å². The van der Waals surface area contributed by atoms with Crippen molar-refractivity contribution in [2.24, 2.45) is 39.8 Å². The average molecular weight is 601 g/mol. The Kier molecular flexibility index (Phi) is 8.72. The Morgan fingerprint density at radius 3 is 2.42 bits per heavy atom. The highest BCUT2D eigenvalue weighted by atomic mass is 16.5. The van der Waals surface area contributed by atoms with Crippen LogP contribution in [0.3, 0.4) is 0 Å². The van der Waals surface area contributed by atoms with Gasteiger partial charge in [-0.1, -0.05) is 35.5 Å². The lowest BCUT2D eigenvalue weighted by Gasteiger charge is -2.27. The minimum absolute atomic E-state index is 0.00350. The number of benzene rings is 2. The number of nitrogens with one attached hydrogen (secondary N) is 1. The predicted octanol–water partition coefficient (Wildman–Crippen LogP) is 2.28. The zero-order valence-corrected chi connectivity index (χ0v) is 24.1. The molecule has 0 saturated carbocycles. The summed E-state index contributed by atoms with van der Waals surface area (Å²) in [6.45, 7) is 0.0568. The third kappa shape index (κ3) is 10.1. The molecule has 0 aliphatic carbocycles. The Morgan fingerprint density at radius 2 is 1.79 bits per heavy atom. The number of aryl methyl sites for hydroxylation is 2. The van der Waals surface area contributed by atoms with Crippen molar-refractivity contribution in [2.45, 2.75) is 64.7 Å². The lowest BCUT2D eigenvalue weighted by atomic mass is 9.80. The topological polar surface area (TPSA) is 222 Å². The molecule has 0 aliphatic heterocycles. The van der Waals surface area contributed by atoms with Crippen molar-refractivity contribution in [3.8, 4) is 5.75 Å². The van der Waals surface area contributed by atoms with Crippen LogP contribution in [0.5, 0.6) is 5.75 Å². The monoisotopic (exact) mass is 600 g/mol. The smallest absolute Gasteiger partial charge is 0.249 e. The summed E-state index contributed by atoms with van der Waals surface area (Å²) in [6.07, 6.45) is -10.8. The predicted molar refractivity (Wildman–Crippen MR) is 165 cm³/mol. The normalized spacial score (nSPS) is 17.3. The molecule has 0 spiro atoms. The number of amides is 2. The maximum absolute atomic E-state index is 14.4. The van der Waals surface area contributed by atoms with Gasteiger partial charge >= 0.3 is 0 Å². The highest BCUT2D eigenvalue weighted by Gasteiger charge is 2.35. The summed E-state index contributed by atoms with van der Waals surface area (Å²) in [6, 6.07) is 9.52. The van der Waals surface area contributed by atoms with Crippen LogP contribution in [0.2, 0.25) is 0 Å². The molecule has 3 rings (SSSR count). The van der Waals surface area contributed by atoms with Crippen LogP contribution in [0.15, 0.2) is 52.0 Å². The molecule has 232 valence electrons. The van der Waals surface area contributed by atoms with Gasteiger partial charge in [0.05, 0.1) is 5.92 Å². The Bertz CT molecular complexity index is 1690. The number of aliphatic imine (C=N–C) groups is 1. The van der Waals surface area contributed by atoms with Crippen LogP contribution in [0.4, 0.5) is 0 Å². The number of hydrogen-bond donors (Lipinski definition) is 6. The highest BCUT2D eigenvalue weighted by molar-refractivity contribution is 5.87. The summed E-state index contributed by atoms with van der Waals surface area (Å²) in [5.41, 5.74) is 24.5. The van der Waals surface area contributed by atoms with Crippen LogP contribution in [0.1, 0.15) is 82.9 Å². The molecule has 1 unspecified atom stereocenters. The molecule has 2 amide bonds. The van der Waals surface area contributed by atoms with Crippen LogP contribution in [0.25, 0.3) is 0 Å². The fraction of sp³-hybridized carbons (Fsp3) is 0.452. The van der Waals surface area contributed by atoms with E-state index in [0.717, 1.165) is 5.56 Å². The van der Waals surface area contributed by atoms with Crippen LogP contribution < -0.4 is 28.3 Å². The fourth-order valence-electron chi connectivity index (χ4n) is 4.78. The minimum atomic E-state index is -3.76. The number of hydrogen-bond acceptors (Lipinski definition) is 8. The first-order valence-electron chi connectivity index (χ1n) is 17.6. The van der Waals surface area contributed by atoms with E-state index in [1.54, 1.807) is 44.2 Å². The van der Waals surface area contributed by atoms with E-state index in [2.05, 4.69) is 20.4 Å². The van der Waals surface area contributed by atoms with E-state index in [-0.39, 0.29) is 49.8 Å². The van der Waals surface area contributed by atoms with E-state index >= 15 is 0 Å². The van der Waals surface area contributed by atoms with E-state index in [9.17, 15) is 14.7 Å². The van der Waals surface area contributed by atoms with Crippen molar-refractivity contribution in [3.63, 3.8) is 0 Å². The molecule has 0 aliphatic rings. The number of rotatable bonds is 17. The molecule has 2 aromatic carbocycles. The number of guanidine groups is 1. The molecule has 1 aromatic heterocycles. The number of phenols is 1. The van der Waals surface area contributed by atoms with Gasteiger partial charge in [0.2, 0.25) is 17.7 Å². The lowest BCUT2D eigenvalue weighted by molar-refractivity contribution is -0.134. The van der Waals surface area contributed by atoms with E-state index in [1.165, 1.54) is 12.1 Å². The molecule has 43 heavy (non-hydrogen) atoms. The molecule has 3 atom stereocenters. The maximum Gasteiger partial charge on any atom is 0.249 e. The van der Waals surface area contributed by atoms with Gasteiger partial charge < -0.3 is 37.9 Å². The van der Waals surface area contributed by atoms with E-state index in [0.29, 0.717) is 16.7 Å². The molecule has 1 heterocycles. The van der Waals surface area contributed by atoms with E-state index in [1.807, 2.05) is 0 Å². The van der Waals surface area contributed by atoms with Gasteiger partial charge in [-0.25, -0.2) is 0 Å². The second kappa shape index (κ2) is 16.3. The first kappa shape index (κ1) is 23.1. The van der Waals surface area contributed by atoms with E-state index in [4.69, 9.17) is 38.4 Å². The average Bonchev–Trinajstić information content (AvgIpc) is 3.47. The second-order valence-electron chi connectivity index (χ2n) is 10.0. The first-order valence-corrected chi connectivity index (χ1v) is 13.6. The number of aromatic nitrogens is 2. The highest BCUT2D eigenvalue weighted by Crippen LogP contribution is 2.30.